The van der Waals surface area contributed by atoms with Gasteiger partial charge in [0.2, 0.25) is 0 Å². The van der Waals surface area contributed by atoms with Crippen LogP contribution in [0.1, 0.15) is 23.6 Å². The number of hydrogen-bond acceptors (Lipinski definition) is 3. The van der Waals surface area contributed by atoms with Gasteiger partial charge in [-0.25, -0.2) is 4.79 Å². The molecular formula is C17H15BrClNO4. The van der Waals surface area contributed by atoms with Crippen molar-refractivity contribution in [3.8, 4) is 0 Å². The maximum absolute atomic E-state index is 12.0. The lowest BCUT2D eigenvalue weighted by Gasteiger charge is -2.18. The van der Waals surface area contributed by atoms with Gasteiger partial charge in [0.05, 0.1) is 17.5 Å². The number of carboxylic acids is 1. The molecule has 0 radical (unpaired) electrons. The van der Waals surface area contributed by atoms with Gasteiger partial charge in [-0.2, -0.15) is 0 Å². The first-order chi connectivity index (χ1) is 11.5. The van der Waals surface area contributed by atoms with Gasteiger partial charge in [0.15, 0.2) is 0 Å². The number of hydrogen-bond donors (Lipinski definition) is 2. The topological polar surface area (TPSA) is 75.6 Å². The Balaban J connectivity index is 2.03. The van der Waals surface area contributed by atoms with Crippen molar-refractivity contribution in [3.63, 3.8) is 0 Å². The molecule has 0 saturated carbocycles. The Hall–Kier alpha value is -2.05. The van der Waals surface area contributed by atoms with Crippen molar-refractivity contribution in [1.82, 2.24) is 5.32 Å². The zero-order valence-electron chi connectivity index (χ0n) is 12.5. The number of carbonyl (C=O) groups is 2. The van der Waals surface area contributed by atoms with E-state index in [-0.39, 0.29) is 13.0 Å². The van der Waals surface area contributed by atoms with Crippen LogP contribution in [-0.4, -0.2) is 17.2 Å². The molecule has 0 saturated heterocycles. The quantitative estimate of drug-likeness (QED) is 0.730. The molecule has 126 valence electrons. The zero-order chi connectivity index (χ0) is 17.5. The highest BCUT2D eigenvalue weighted by Crippen LogP contribution is 2.27. The Morgan fingerprint density at radius 3 is 2.54 bits per heavy atom. The SMILES string of the molecule is O=C(O)C[C@@H](NC(=O)OCc1ccccc1)c1ccc(Br)c(Cl)c1. The minimum absolute atomic E-state index is 0.105. The van der Waals surface area contributed by atoms with Gasteiger partial charge in [-0.3, -0.25) is 4.79 Å². The number of carboxylic acid groups (broad SMARTS) is 1. The number of aliphatic carboxylic acids is 1. The summed E-state index contributed by atoms with van der Waals surface area (Å²) >= 11 is 9.30. The maximum Gasteiger partial charge on any atom is 0.407 e. The molecule has 0 aliphatic carbocycles. The van der Waals surface area contributed by atoms with Gasteiger partial charge in [-0.1, -0.05) is 48.0 Å². The predicted molar refractivity (Wildman–Crippen MR) is 93.9 cm³/mol. The first-order valence-corrected chi connectivity index (χ1v) is 8.27. The lowest BCUT2D eigenvalue weighted by molar-refractivity contribution is -0.137. The molecule has 2 aromatic carbocycles. The first-order valence-electron chi connectivity index (χ1n) is 7.09. The summed E-state index contributed by atoms with van der Waals surface area (Å²) in [6.45, 7) is 0.105. The summed E-state index contributed by atoms with van der Waals surface area (Å²) in [6, 6.07) is 13.5. The molecule has 2 N–H and O–H groups in total. The van der Waals surface area contributed by atoms with E-state index in [0.29, 0.717) is 15.1 Å². The summed E-state index contributed by atoms with van der Waals surface area (Å²) < 4.78 is 5.82. The van der Waals surface area contributed by atoms with E-state index in [0.717, 1.165) is 5.56 Å². The molecule has 0 aromatic heterocycles. The van der Waals surface area contributed by atoms with Gasteiger partial charge in [0.25, 0.3) is 0 Å². The number of carbonyl (C=O) groups excluding carboxylic acids is 1. The third-order valence-electron chi connectivity index (χ3n) is 3.23. The number of benzene rings is 2. The van der Waals surface area contributed by atoms with Crippen LogP contribution in [-0.2, 0) is 16.1 Å². The van der Waals surface area contributed by atoms with E-state index in [2.05, 4.69) is 21.2 Å². The summed E-state index contributed by atoms with van der Waals surface area (Å²) in [5.41, 5.74) is 1.43. The molecule has 5 nitrogen and oxygen atoms in total. The van der Waals surface area contributed by atoms with E-state index in [9.17, 15) is 9.59 Å². The second-order valence-electron chi connectivity index (χ2n) is 5.03. The van der Waals surface area contributed by atoms with Gasteiger partial charge in [-0.05, 0) is 39.2 Å². The number of nitrogens with one attached hydrogen (secondary N) is 1. The summed E-state index contributed by atoms with van der Waals surface area (Å²) in [7, 11) is 0. The highest BCUT2D eigenvalue weighted by atomic mass is 79.9. The largest absolute Gasteiger partial charge is 0.481 e. The van der Waals surface area contributed by atoms with E-state index in [1.807, 2.05) is 30.3 Å². The Labute approximate surface area is 152 Å². The summed E-state index contributed by atoms with van der Waals surface area (Å²) in [4.78, 5) is 23.0. The van der Waals surface area contributed by atoms with Gasteiger partial charge in [-0.15, -0.1) is 0 Å². The van der Waals surface area contributed by atoms with E-state index in [1.165, 1.54) is 0 Å². The van der Waals surface area contributed by atoms with Crippen LogP contribution in [0.5, 0.6) is 0 Å². The number of alkyl carbamates (subject to hydrolysis) is 1. The van der Waals surface area contributed by atoms with E-state index in [1.54, 1.807) is 18.2 Å². The third kappa shape index (κ3) is 5.54. The normalized spacial score (nSPS) is 11.6. The minimum atomic E-state index is -1.04. The van der Waals surface area contributed by atoms with Crippen LogP contribution >= 0.6 is 27.5 Å². The second kappa shape index (κ2) is 8.70. The molecule has 0 fully saturated rings. The number of rotatable bonds is 6. The Morgan fingerprint density at radius 1 is 1.21 bits per heavy atom. The van der Waals surface area contributed by atoms with Crippen LogP contribution < -0.4 is 5.32 Å². The Morgan fingerprint density at radius 2 is 1.92 bits per heavy atom. The highest BCUT2D eigenvalue weighted by molar-refractivity contribution is 9.10. The van der Waals surface area contributed by atoms with E-state index < -0.39 is 18.1 Å². The molecule has 0 heterocycles. The monoisotopic (exact) mass is 411 g/mol. The van der Waals surface area contributed by atoms with Gasteiger partial charge in [0, 0.05) is 4.47 Å². The molecule has 0 unspecified atom stereocenters. The van der Waals surface area contributed by atoms with Crippen molar-refractivity contribution < 1.29 is 19.4 Å². The van der Waals surface area contributed by atoms with Crippen molar-refractivity contribution in [2.45, 2.75) is 19.1 Å². The molecule has 2 rings (SSSR count). The average Bonchev–Trinajstić information content (AvgIpc) is 2.55. The molecule has 2 aromatic rings. The lowest BCUT2D eigenvalue weighted by Crippen LogP contribution is -2.30. The zero-order valence-corrected chi connectivity index (χ0v) is 14.9. The van der Waals surface area contributed by atoms with Crippen LogP contribution in [0, 0.1) is 0 Å². The van der Waals surface area contributed by atoms with Crippen LogP contribution in [0.3, 0.4) is 0 Å². The van der Waals surface area contributed by atoms with Gasteiger partial charge in [0.1, 0.15) is 6.61 Å². The number of halogens is 2. The number of amides is 1. The lowest BCUT2D eigenvalue weighted by atomic mass is 10.0. The fraction of sp³-hybridized carbons (Fsp3) is 0.176. The van der Waals surface area contributed by atoms with Crippen LogP contribution in [0.15, 0.2) is 53.0 Å². The molecule has 7 heteroatoms. The Kier molecular flexibility index (Phi) is 6.63. The van der Waals surface area contributed by atoms with Crippen LogP contribution in [0.2, 0.25) is 5.02 Å². The summed E-state index contributed by atoms with van der Waals surface area (Å²) in [5.74, 6) is -1.04. The summed E-state index contributed by atoms with van der Waals surface area (Å²) in [5, 5.41) is 12.1. The van der Waals surface area contributed by atoms with Crippen molar-refractivity contribution in [2.24, 2.45) is 0 Å². The molecule has 0 aliphatic heterocycles. The Bertz CT molecular complexity index is 724. The average molecular weight is 413 g/mol. The van der Waals surface area contributed by atoms with Crippen LogP contribution in [0.4, 0.5) is 4.79 Å². The molecule has 1 amide bonds. The smallest absolute Gasteiger partial charge is 0.407 e. The maximum atomic E-state index is 12.0. The van der Waals surface area contributed by atoms with Crippen LogP contribution in [0.25, 0.3) is 0 Å². The fourth-order valence-electron chi connectivity index (χ4n) is 2.06. The molecular weight excluding hydrogens is 398 g/mol. The van der Waals surface area contributed by atoms with E-state index in [4.69, 9.17) is 21.4 Å². The minimum Gasteiger partial charge on any atom is -0.481 e. The molecule has 1 atom stereocenters. The molecule has 24 heavy (non-hydrogen) atoms. The van der Waals surface area contributed by atoms with Gasteiger partial charge >= 0.3 is 12.1 Å². The van der Waals surface area contributed by atoms with Crippen molar-refractivity contribution in [2.75, 3.05) is 0 Å². The van der Waals surface area contributed by atoms with E-state index >= 15 is 0 Å². The predicted octanol–water partition coefficient (Wildman–Crippen LogP) is 4.54. The van der Waals surface area contributed by atoms with Gasteiger partial charge < -0.3 is 15.2 Å². The second-order valence-corrected chi connectivity index (χ2v) is 6.29. The standard InChI is InChI=1S/C17H15BrClNO4/c18-13-7-6-12(8-14(13)19)15(9-16(21)22)20-17(23)24-10-11-4-2-1-3-5-11/h1-8,15H,9-10H2,(H,20,23)(H,21,22)/t15-/m1/s1. The number of ether oxygens (including phenoxy) is 1. The van der Waals surface area contributed by atoms with Crippen molar-refractivity contribution in [1.29, 1.82) is 0 Å². The first kappa shape index (κ1) is 18.3. The third-order valence-corrected chi connectivity index (χ3v) is 4.46. The fourth-order valence-corrected chi connectivity index (χ4v) is 2.50. The van der Waals surface area contributed by atoms with Crippen molar-refractivity contribution in [3.05, 3.63) is 69.2 Å². The summed E-state index contributed by atoms with van der Waals surface area (Å²) in [6.07, 6.45) is -0.970. The molecule has 0 spiro atoms. The molecule has 0 aliphatic rings. The highest BCUT2D eigenvalue weighted by Gasteiger charge is 2.19. The van der Waals surface area contributed by atoms with Crippen molar-refractivity contribution >= 4 is 39.6 Å². The molecule has 0 bridgehead atoms.